The van der Waals surface area contributed by atoms with Crippen LogP contribution in [-0.2, 0) is 0 Å². The average molecular weight is 278 g/mol. The first-order valence-electron chi connectivity index (χ1n) is 7.96. The first kappa shape index (κ1) is 17.0. The zero-order valence-corrected chi connectivity index (χ0v) is 12.8. The summed E-state index contributed by atoms with van der Waals surface area (Å²) in [6, 6.07) is 7.88. The van der Waals surface area contributed by atoms with E-state index < -0.39 is 0 Å². The van der Waals surface area contributed by atoms with E-state index in [0.29, 0.717) is 6.54 Å². The second-order valence-corrected chi connectivity index (χ2v) is 5.38. The van der Waals surface area contributed by atoms with Gasteiger partial charge in [-0.2, -0.15) is 0 Å². The number of hydrogen-bond donors (Lipinski definition) is 2. The van der Waals surface area contributed by atoms with E-state index in [1.807, 2.05) is 24.3 Å². The van der Waals surface area contributed by atoms with Crippen molar-refractivity contribution in [3.05, 3.63) is 29.8 Å². The summed E-state index contributed by atoms with van der Waals surface area (Å²) >= 11 is 0. The zero-order valence-electron chi connectivity index (χ0n) is 12.8. The highest BCUT2D eigenvalue weighted by Crippen LogP contribution is 2.16. The lowest BCUT2D eigenvalue weighted by Gasteiger charge is -2.10. The van der Waals surface area contributed by atoms with Crippen molar-refractivity contribution >= 4 is 0 Å². The average Bonchev–Trinajstić information content (AvgIpc) is 2.50. The van der Waals surface area contributed by atoms with E-state index >= 15 is 0 Å². The molecule has 0 aliphatic heterocycles. The number of hydrogen-bond acceptors (Lipinski definition) is 3. The van der Waals surface area contributed by atoms with E-state index in [4.69, 9.17) is 16.2 Å². The summed E-state index contributed by atoms with van der Waals surface area (Å²) in [7, 11) is 0. The Morgan fingerprint density at radius 3 is 2.15 bits per heavy atom. The largest absolute Gasteiger partial charge is 0.494 e. The SMILES string of the molecule is CCCCCCCCCOc1ccc(C(N)CN)cc1. The molecule has 114 valence electrons. The van der Waals surface area contributed by atoms with Crippen LogP contribution in [0.3, 0.4) is 0 Å². The minimum Gasteiger partial charge on any atom is -0.494 e. The first-order valence-corrected chi connectivity index (χ1v) is 7.96. The third-order valence-corrected chi connectivity index (χ3v) is 3.58. The third kappa shape index (κ3) is 6.92. The highest BCUT2D eigenvalue weighted by molar-refractivity contribution is 5.29. The lowest BCUT2D eigenvalue weighted by molar-refractivity contribution is 0.304. The van der Waals surface area contributed by atoms with Gasteiger partial charge in [-0.05, 0) is 24.1 Å². The van der Waals surface area contributed by atoms with E-state index in [1.54, 1.807) is 0 Å². The van der Waals surface area contributed by atoms with Crippen molar-refractivity contribution in [3.63, 3.8) is 0 Å². The van der Waals surface area contributed by atoms with E-state index in [2.05, 4.69) is 6.92 Å². The molecule has 1 atom stereocenters. The Bertz CT molecular complexity index is 337. The highest BCUT2D eigenvalue weighted by atomic mass is 16.5. The lowest BCUT2D eigenvalue weighted by atomic mass is 10.1. The molecule has 0 aromatic heterocycles. The molecule has 4 N–H and O–H groups in total. The second kappa shape index (κ2) is 10.7. The summed E-state index contributed by atoms with van der Waals surface area (Å²) in [6.45, 7) is 3.52. The molecule has 3 nitrogen and oxygen atoms in total. The molecule has 0 spiro atoms. The van der Waals surface area contributed by atoms with Crippen molar-refractivity contribution in [2.45, 2.75) is 57.9 Å². The molecule has 0 heterocycles. The molecule has 0 saturated carbocycles. The minimum atomic E-state index is -0.0767. The molecule has 1 aromatic rings. The predicted molar refractivity (Wildman–Crippen MR) is 85.9 cm³/mol. The third-order valence-electron chi connectivity index (χ3n) is 3.58. The van der Waals surface area contributed by atoms with Crippen LogP contribution in [0.15, 0.2) is 24.3 Å². The maximum atomic E-state index is 5.87. The number of rotatable bonds is 11. The topological polar surface area (TPSA) is 61.3 Å². The molecular formula is C17H30N2O. The van der Waals surface area contributed by atoms with Gasteiger partial charge < -0.3 is 16.2 Å². The van der Waals surface area contributed by atoms with Crippen LogP contribution in [-0.4, -0.2) is 13.2 Å². The van der Waals surface area contributed by atoms with Crippen molar-refractivity contribution in [1.82, 2.24) is 0 Å². The maximum absolute atomic E-state index is 5.87. The van der Waals surface area contributed by atoms with Gasteiger partial charge in [-0.15, -0.1) is 0 Å². The number of benzene rings is 1. The molecule has 0 aliphatic rings. The molecule has 0 bridgehead atoms. The summed E-state index contributed by atoms with van der Waals surface area (Å²) in [5, 5.41) is 0. The molecule has 0 aliphatic carbocycles. The van der Waals surface area contributed by atoms with Crippen LogP contribution in [0.4, 0.5) is 0 Å². The molecule has 1 rings (SSSR count). The van der Waals surface area contributed by atoms with Crippen molar-refractivity contribution in [1.29, 1.82) is 0 Å². The monoisotopic (exact) mass is 278 g/mol. The van der Waals surface area contributed by atoms with Gasteiger partial charge in [0.2, 0.25) is 0 Å². The zero-order chi connectivity index (χ0) is 14.6. The van der Waals surface area contributed by atoms with Gasteiger partial charge >= 0.3 is 0 Å². The van der Waals surface area contributed by atoms with Gasteiger partial charge in [0.25, 0.3) is 0 Å². The van der Waals surface area contributed by atoms with E-state index in [-0.39, 0.29) is 6.04 Å². The van der Waals surface area contributed by atoms with Crippen molar-refractivity contribution < 1.29 is 4.74 Å². The van der Waals surface area contributed by atoms with Gasteiger partial charge in [0.1, 0.15) is 5.75 Å². The molecule has 20 heavy (non-hydrogen) atoms. The fraction of sp³-hybridized carbons (Fsp3) is 0.647. The fourth-order valence-corrected chi connectivity index (χ4v) is 2.20. The Morgan fingerprint density at radius 1 is 0.950 bits per heavy atom. The summed E-state index contributed by atoms with van der Waals surface area (Å²) < 4.78 is 5.73. The Labute approximate surface area is 123 Å². The van der Waals surface area contributed by atoms with Gasteiger partial charge in [-0.25, -0.2) is 0 Å². The van der Waals surface area contributed by atoms with E-state index in [9.17, 15) is 0 Å². The Hall–Kier alpha value is -1.06. The maximum Gasteiger partial charge on any atom is 0.119 e. The fourth-order valence-electron chi connectivity index (χ4n) is 2.20. The normalized spacial score (nSPS) is 12.3. The summed E-state index contributed by atoms with van der Waals surface area (Å²) in [5.74, 6) is 0.920. The van der Waals surface area contributed by atoms with Crippen LogP contribution in [0.2, 0.25) is 0 Å². The van der Waals surface area contributed by atoms with Gasteiger partial charge in [-0.1, -0.05) is 57.6 Å². The number of ether oxygens (including phenoxy) is 1. The van der Waals surface area contributed by atoms with E-state index in [1.165, 1.54) is 38.5 Å². The summed E-state index contributed by atoms with van der Waals surface area (Å²) in [4.78, 5) is 0. The molecule has 0 amide bonds. The van der Waals surface area contributed by atoms with Gasteiger partial charge in [-0.3, -0.25) is 0 Å². The minimum absolute atomic E-state index is 0.0767. The molecule has 0 radical (unpaired) electrons. The Balaban J connectivity index is 2.10. The molecule has 3 heteroatoms. The predicted octanol–water partition coefficient (Wildman–Crippen LogP) is 3.77. The summed E-state index contributed by atoms with van der Waals surface area (Å²) in [5.41, 5.74) is 12.5. The molecule has 1 unspecified atom stereocenters. The number of unbranched alkanes of at least 4 members (excludes halogenated alkanes) is 6. The van der Waals surface area contributed by atoms with Crippen molar-refractivity contribution in [3.8, 4) is 5.75 Å². The van der Waals surface area contributed by atoms with Crippen LogP contribution in [0.1, 0.15) is 63.5 Å². The summed E-state index contributed by atoms with van der Waals surface area (Å²) in [6.07, 6.45) is 9.14. The van der Waals surface area contributed by atoms with Gasteiger partial charge in [0, 0.05) is 12.6 Å². The van der Waals surface area contributed by atoms with Crippen molar-refractivity contribution in [2.24, 2.45) is 11.5 Å². The van der Waals surface area contributed by atoms with E-state index in [0.717, 1.165) is 24.3 Å². The lowest BCUT2D eigenvalue weighted by Crippen LogP contribution is -2.20. The Morgan fingerprint density at radius 2 is 1.55 bits per heavy atom. The van der Waals surface area contributed by atoms with Gasteiger partial charge in [0.05, 0.1) is 6.61 Å². The Kier molecular flexibility index (Phi) is 9.09. The van der Waals surface area contributed by atoms with Crippen molar-refractivity contribution in [2.75, 3.05) is 13.2 Å². The molecule has 0 fully saturated rings. The second-order valence-electron chi connectivity index (χ2n) is 5.38. The molecular weight excluding hydrogens is 248 g/mol. The quantitative estimate of drug-likeness (QED) is 0.606. The van der Waals surface area contributed by atoms with Crippen LogP contribution in [0, 0.1) is 0 Å². The molecule has 1 aromatic carbocycles. The van der Waals surface area contributed by atoms with Crippen LogP contribution in [0.5, 0.6) is 5.75 Å². The van der Waals surface area contributed by atoms with Crippen LogP contribution >= 0.6 is 0 Å². The molecule has 0 saturated heterocycles. The smallest absolute Gasteiger partial charge is 0.119 e. The first-order chi connectivity index (χ1) is 9.77. The highest BCUT2D eigenvalue weighted by Gasteiger charge is 2.03. The van der Waals surface area contributed by atoms with Gasteiger partial charge in [0.15, 0.2) is 0 Å². The van der Waals surface area contributed by atoms with Crippen LogP contribution < -0.4 is 16.2 Å². The number of nitrogens with two attached hydrogens (primary N) is 2. The standard InChI is InChI=1S/C17H30N2O/c1-2-3-4-5-6-7-8-13-20-16-11-9-15(10-12-16)17(19)14-18/h9-12,17H,2-8,13-14,18-19H2,1H3. The van der Waals surface area contributed by atoms with Crippen LogP contribution in [0.25, 0.3) is 0 Å².